The monoisotopic (exact) mass is 318 g/mol. The molecule has 0 saturated heterocycles. The molecule has 0 saturated carbocycles. The van der Waals surface area contributed by atoms with Gasteiger partial charge in [-0.25, -0.2) is 0 Å². The average Bonchev–Trinajstić information content (AvgIpc) is 3.01. The van der Waals surface area contributed by atoms with Gasteiger partial charge in [0.1, 0.15) is 12.4 Å². The molecule has 0 spiro atoms. The summed E-state index contributed by atoms with van der Waals surface area (Å²) < 4.78 is 10.6. The molecule has 7 nitrogen and oxygen atoms in total. The molecule has 0 aliphatic rings. The van der Waals surface area contributed by atoms with Gasteiger partial charge in [0, 0.05) is 25.2 Å². The van der Waals surface area contributed by atoms with Gasteiger partial charge in [-0.2, -0.15) is 0 Å². The number of carbonyl (C=O) groups excluding carboxylic acids is 2. The van der Waals surface area contributed by atoms with Crippen LogP contribution in [0.5, 0.6) is 5.75 Å². The number of nitrogens with zero attached hydrogens (tertiary/aromatic N) is 2. The fourth-order valence-electron chi connectivity index (χ4n) is 1.87. The second kappa shape index (κ2) is 7.55. The largest absolute Gasteiger partial charge is 0.486 e. The summed E-state index contributed by atoms with van der Waals surface area (Å²) >= 11 is 0. The smallest absolute Gasteiger partial charge is 0.275 e. The van der Waals surface area contributed by atoms with Crippen LogP contribution in [0.2, 0.25) is 0 Å². The second-order valence-corrected chi connectivity index (χ2v) is 5.00. The Hall–Kier alpha value is -2.67. The van der Waals surface area contributed by atoms with E-state index in [4.69, 9.17) is 14.4 Å². The number of likely N-dealkylation sites (N-methyl/N-ethyl adjacent to an activating group) is 1. The van der Waals surface area contributed by atoms with Crippen molar-refractivity contribution in [2.75, 3.05) is 20.2 Å². The molecule has 0 fully saturated rings. The quantitative estimate of drug-likeness (QED) is 0.778. The van der Waals surface area contributed by atoms with Crippen molar-refractivity contribution in [1.29, 1.82) is 0 Å². The zero-order valence-electron chi connectivity index (χ0n) is 13.0. The van der Waals surface area contributed by atoms with E-state index in [0.717, 1.165) is 0 Å². The number of Topliss-reactive ketones (excluding diaryl/α,β-unsaturated/α-hetero) is 1. The van der Waals surface area contributed by atoms with Crippen LogP contribution in [0.1, 0.15) is 33.5 Å². The molecule has 1 amide bonds. The Bertz CT molecular complexity index is 678. The number of ketones is 1. The lowest BCUT2D eigenvalue weighted by molar-refractivity contribution is 0.0756. The molecule has 1 aromatic carbocycles. The first-order valence-electron chi connectivity index (χ1n) is 7.07. The van der Waals surface area contributed by atoms with E-state index < -0.39 is 0 Å². The Balaban J connectivity index is 1.94. The molecule has 0 bridgehead atoms. The number of hydrogen-bond acceptors (Lipinski definition) is 6. The lowest BCUT2D eigenvalue weighted by Crippen LogP contribution is -2.29. The van der Waals surface area contributed by atoms with Crippen molar-refractivity contribution in [1.82, 2.24) is 10.1 Å². The fraction of sp³-hybridized carbons (Fsp3) is 0.312. The molecule has 0 unspecified atom stereocenters. The van der Waals surface area contributed by atoms with Crippen LogP contribution in [0.15, 0.2) is 34.9 Å². The molecule has 23 heavy (non-hydrogen) atoms. The summed E-state index contributed by atoms with van der Waals surface area (Å²) in [4.78, 5) is 24.5. The summed E-state index contributed by atoms with van der Waals surface area (Å²) in [5, 5.41) is 12.5. The van der Waals surface area contributed by atoms with Gasteiger partial charge < -0.3 is 19.3 Å². The standard InChI is InChI=1S/C16H18N2O5/c1-11(20)12-3-5-13(6-4-12)22-10-14-9-15(17-23-14)16(21)18(2)7-8-19/h3-6,9,19H,7-8,10H2,1-2H3. The molecular weight excluding hydrogens is 300 g/mol. The predicted molar refractivity (Wildman–Crippen MR) is 81.3 cm³/mol. The van der Waals surface area contributed by atoms with Crippen LogP contribution >= 0.6 is 0 Å². The maximum Gasteiger partial charge on any atom is 0.275 e. The van der Waals surface area contributed by atoms with Crippen molar-refractivity contribution in [2.45, 2.75) is 13.5 Å². The van der Waals surface area contributed by atoms with Crippen molar-refractivity contribution >= 4 is 11.7 Å². The van der Waals surface area contributed by atoms with Gasteiger partial charge in [-0.15, -0.1) is 0 Å². The zero-order chi connectivity index (χ0) is 16.8. The lowest BCUT2D eigenvalue weighted by Gasteiger charge is -2.12. The van der Waals surface area contributed by atoms with Gasteiger partial charge >= 0.3 is 0 Å². The summed E-state index contributed by atoms with van der Waals surface area (Å²) in [6.07, 6.45) is 0. The van der Waals surface area contributed by atoms with Crippen LogP contribution in [0.3, 0.4) is 0 Å². The normalized spacial score (nSPS) is 10.4. The number of ether oxygens (including phenoxy) is 1. The lowest BCUT2D eigenvalue weighted by atomic mass is 10.1. The predicted octanol–water partition coefficient (Wildman–Crippen LogP) is 1.52. The third-order valence-electron chi connectivity index (χ3n) is 3.20. The maximum atomic E-state index is 11.9. The topological polar surface area (TPSA) is 92.9 Å². The molecular formula is C16H18N2O5. The summed E-state index contributed by atoms with van der Waals surface area (Å²) in [7, 11) is 1.57. The van der Waals surface area contributed by atoms with Gasteiger partial charge in [0.25, 0.3) is 5.91 Å². The molecule has 1 N–H and O–H groups in total. The number of aliphatic hydroxyl groups excluding tert-OH is 1. The molecule has 0 atom stereocenters. The molecule has 0 aliphatic carbocycles. The first kappa shape index (κ1) is 16.7. The summed E-state index contributed by atoms with van der Waals surface area (Å²) in [6.45, 7) is 1.71. The Morgan fingerprint density at radius 3 is 2.61 bits per heavy atom. The molecule has 2 rings (SSSR count). The highest BCUT2D eigenvalue weighted by Gasteiger charge is 2.16. The van der Waals surface area contributed by atoms with Crippen LogP contribution in [0.4, 0.5) is 0 Å². The maximum absolute atomic E-state index is 11.9. The number of aliphatic hydroxyl groups is 1. The first-order chi connectivity index (χ1) is 11.0. The van der Waals surface area contributed by atoms with Crippen molar-refractivity contribution in [3.8, 4) is 5.75 Å². The van der Waals surface area contributed by atoms with Crippen molar-refractivity contribution < 1.29 is 24.0 Å². The average molecular weight is 318 g/mol. The van der Waals surface area contributed by atoms with Crippen LogP contribution in [0.25, 0.3) is 0 Å². The fourth-order valence-corrected chi connectivity index (χ4v) is 1.87. The van der Waals surface area contributed by atoms with Gasteiger partial charge in [0.2, 0.25) is 0 Å². The second-order valence-electron chi connectivity index (χ2n) is 5.00. The third-order valence-corrected chi connectivity index (χ3v) is 3.20. The van der Waals surface area contributed by atoms with Gasteiger partial charge in [-0.05, 0) is 31.2 Å². The number of carbonyl (C=O) groups is 2. The highest BCUT2D eigenvalue weighted by Crippen LogP contribution is 2.15. The number of amides is 1. The van der Waals surface area contributed by atoms with E-state index in [1.165, 1.54) is 17.9 Å². The minimum Gasteiger partial charge on any atom is -0.486 e. The Kier molecular flexibility index (Phi) is 5.48. The van der Waals surface area contributed by atoms with Crippen molar-refractivity contribution in [2.24, 2.45) is 0 Å². The van der Waals surface area contributed by atoms with Gasteiger partial charge in [0.05, 0.1) is 6.61 Å². The van der Waals surface area contributed by atoms with E-state index >= 15 is 0 Å². The summed E-state index contributed by atoms with van der Waals surface area (Å²) in [5.74, 6) is 0.639. The Morgan fingerprint density at radius 2 is 2.00 bits per heavy atom. The van der Waals surface area contributed by atoms with Crippen LogP contribution in [-0.2, 0) is 6.61 Å². The highest BCUT2D eigenvalue weighted by molar-refractivity contribution is 5.94. The van der Waals surface area contributed by atoms with E-state index in [9.17, 15) is 9.59 Å². The highest BCUT2D eigenvalue weighted by atomic mass is 16.5. The SMILES string of the molecule is CC(=O)c1ccc(OCc2cc(C(=O)N(C)CCO)no2)cc1. The van der Waals surface area contributed by atoms with Gasteiger partial charge in [-0.1, -0.05) is 5.16 Å². The van der Waals surface area contributed by atoms with E-state index in [1.807, 2.05) is 0 Å². The molecule has 7 heteroatoms. The van der Waals surface area contributed by atoms with Crippen molar-refractivity contribution in [3.05, 3.63) is 47.3 Å². The third kappa shape index (κ3) is 4.40. The minimum absolute atomic E-state index is 0.0121. The van der Waals surface area contributed by atoms with E-state index in [1.54, 1.807) is 31.3 Å². The van der Waals surface area contributed by atoms with Crippen molar-refractivity contribution in [3.63, 3.8) is 0 Å². The summed E-state index contributed by atoms with van der Waals surface area (Å²) in [6, 6.07) is 8.23. The number of hydrogen-bond donors (Lipinski definition) is 1. The van der Waals surface area contributed by atoms with Gasteiger partial charge in [0.15, 0.2) is 17.2 Å². The molecule has 2 aromatic rings. The first-order valence-corrected chi connectivity index (χ1v) is 7.07. The zero-order valence-corrected chi connectivity index (χ0v) is 13.0. The summed E-state index contributed by atoms with van der Waals surface area (Å²) in [5.41, 5.74) is 0.767. The molecule has 1 aromatic heterocycles. The van der Waals surface area contributed by atoms with E-state index in [2.05, 4.69) is 5.16 Å². The van der Waals surface area contributed by atoms with Crippen LogP contribution < -0.4 is 4.74 Å². The minimum atomic E-state index is -0.333. The molecule has 0 radical (unpaired) electrons. The molecule has 122 valence electrons. The molecule has 1 heterocycles. The Morgan fingerprint density at radius 1 is 1.30 bits per heavy atom. The van der Waals surface area contributed by atoms with Crippen LogP contribution in [-0.4, -0.2) is 47.1 Å². The van der Waals surface area contributed by atoms with Gasteiger partial charge in [-0.3, -0.25) is 9.59 Å². The van der Waals surface area contributed by atoms with E-state index in [0.29, 0.717) is 17.1 Å². The molecule has 0 aliphatic heterocycles. The number of rotatable bonds is 7. The van der Waals surface area contributed by atoms with Crippen LogP contribution in [0, 0.1) is 0 Å². The number of aromatic nitrogens is 1. The van der Waals surface area contributed by atoms with E-state index in [-0.39, 0.29) is 37.1 Å². The Labute approximate surface area is 133 Å². The number of benzene rings is 1.